The van der Waals surface area contributed by atoms with Crippen LogP contribution in [0.3, 0.4) is 0 Å². The molecule has 0 aromatic carbocycles. The molecule has 20 heavy (non-hydrogen) atoms. The summed E-state index contributed by atoms with van der Waals surface area (Å²) in [6.07, 6.45) is 4.81. The largest absolute Gasteiger partial charge is 0.368 e. The van der Waals surface area contributed by atoms with Crippen LogP contribution in [0.1, 0.15) is 40.0 Å². The molecule has 0 unspecified atom stereocenters. The molecule has 0 spiro atoms. The molecule has 110 valence electrons. The molecule has 4 nitrogen and oxygen atoms in total. The number of amides is 1. The van der Waals surface area contributed by atoms with Crippen LogP contribution in [0.5, 0.6) is 0 Å². The second-order valence-corrected chi connectivity index (χ2v) is 7.58. The molecule has 0 radical (unpaired) electrons. The van der Waals surface area contributed by atoms with E-state index in [0.29, 0.717) is 6.42 Å². The summed E-state index contributed by atoms with van der Waals surface area (Å²) in [4.78, 5) is 16.4. The van der Waals surface area contributed by atoms with Crippen LogP contribution in [0.2, 0.25) is 0 Å². The number of nitrogens with zero attached hydrogens (tertiary/aromatic N) is 1. The molecule has 0 saturated heterocycles. The van der Waals surface area contributed by atoms with E-state index in [1.54, 1.807) is 6.20 Å². The lowest BCUT2D eigenvalue weighted by Crippen LogP contribution is -2.20. The first-order chi connectivity index (χ1) is 9.33. The zero-order chi connectivity index (χ0) is 14.8. The summed E-state index contributed by atoms with van der Waals surface area (Å²) in [5, 5.41) is 6.28. The fraction of sp³-hybridized carbons (Fsp3) is 0.600. The molecule has 1 aromatic rings. The van der Waals surface area contributed by atoms with Gasteiger partial charge in [-0.05, 0) is 46.2 Å². The van der Waals surface area contributed by atoms with Crippen LogP contribution in [0.15, 0.2) is 16.7 Å². The highest BCUT2D eigenvalue weighted by Gasteiger charge is 2.22. The average Bonchev–Trinajstić information content (AvgIpc) is 3.09. The van der Waals surface area contributed by atoms with Crippen LogP contribution in [0.4, 0.5) is 11.5 Å². The summed E-state index contributed by atoms with van der Waals surface area (Å²) < 4.78 is 0.862. The molecular formula is C15H22BrN3O. The first-order valence-electron chi connectivity index (χ1n) is 7.03. The van der Waals surface area contributed by atoms with Gasteiger partial charge in [0.1, 0.15) is 5.82 Å². The number of hydrogen-bond donors (Lipinski definition) is 2. The number of anilines is 2. The van der Waals surface area contributed by atoms with Crippen molar-refractivity contribution in [1.29, 1.82) is 0 Å². The molecule has 0 bridgehead atoms. The van der Waals surface area contributed by atoms with Crippen LogP contribution < -0.4 is 10.6 Å². The minimum absolute atomic E-state index is 0.0203. The van der Waals surface area contributed by atoms with Gasteiger partial charge in [-0.2, -0.15) is 0 Å². The summed E-state index contributed by atoms with van der Waals surface area (Å²) in [5.41, 5.74) is 0.722. The Morgan fingerprint density at radius 3 is 2.75 bits per heavy atom. The number of rotatable bonds is 5. The lowest BCUT2D eigenvalue weighted by Gasteiger charge is -2.18. The molecule has 1 aliphatic carbocycles. The number of aromatic nitrogens is 1. The zero-order valence-electron chi connectivity index (χ0n) is 12.3. The van der Waals surface area contributed by atoms with Gasteiger partial charge in [-0.25, -0.2) is 4.98 Å². The molecule has 2 rings (SSSR count). The van der Waals surface area contributed by atoms with Gasteiger partial charge in [0.2, 0.25) is 5.91 Å². The van der Waals surface area contributed by atoms with Gasteiger partial charge >= 0.3 is 0 Å². The number of halogens is 1. The van der Waals surface area contributed by atoms with Gasteiger partial charge in [0.15, 0.2) is 0 Å². The monoisotopic (exact) mass is 339 g/mol. The van der Waals surface area contributed by atoms with Crippen molar-refractivity contribution in [2.45, 2.75) is 40.0 Å². The van der Waals surface area contributed by atoms with Gasteiger partial charge in [-0.15, -0.1) is 0 Å². The predicted molar refractivity (Wildman–Crippen MR) is 85.9 cm³/mol. The van der Waals surface area contributed by atoms with E-state index in [-0.39, 0.29) is 11.3 Å². The van der Waals surface area contributed by atoms with Crippen molar-refractivity contribution >= 4 is 33.3 Å². The lowest BCUT2D eigenvalue weighted by molar-refractivity contribution is -0.117. The van der Waals surface area contributed by atoms with Crippen LogP contribution in [-0.2, 0) is 4.79 Å². The van der Waals surface area contributed by atoms with E-state index in [1.807, 2.05) is 6.07 Å². The second-order valence-electron chi connectivity index (χ2n) is 6.66. The van der Waals surface area contributed by atoms with Crippen molar-refractivity contribution in [3.8, 4) is 0 Å². The maximum atomic E-state index is 12.1. The van der Waals surface area contributed by atoms with E-state index in [4.69, 9.17) is 0 Å². The molecule has 1 fully saturated rings. The fourth-order valence-corrected chi connectivity index (χ4v) is 2.25. The second kappa shape index (κ2) is 6.12. The Labute approximate surface area is 128 Å². The van der Waals surface area contributed by atoms with Gasteiger partial charge < -0.3 is 10.6 Å². The standard InChI is InChI=1S/C15H22BrN3O/c1-15(2,3)7-13(20)19-12-6-11(16)9-18-14(12)17-8-10-4-5-10/h6,9-10H,4-5,7-8H2,1-3H3,(H,17,18)(H,19,20). The average molecular weight is 340 g/mol. The van der Waals surface area contributed by atoms with Crippen LogP contribution in [0, 0.1) is 11.3 Å². The molecule has 1 amide bonds. The third-order valence-corrected chi connectivity index (χ3v) is 3.51. The van der Waals surface area contributed by atoms with Gasteiger partial charge in [-0.3, -0.25) is 4.79 Å². The zero-order valence-corrected chi connectivity index (χ0v) is 13.9. The number of hydrogen-bond acceptors (Lipinski definition) is 3. The summed E-state index contributed by atoms with van der Waals surface area (Å²) in [6, 6.07) is 1.89. The lowest BCUT2D eigenvalue weighted by atomic mass is 9.92. The smallest absolute Gasteiger partial charge is 0.224 e. The van der Waals surface area contributed by atoms with Crippen molar-refractivity contribution in [3.05, 3.63) is 16.7 Å². The minimum Gasteiger partial charge on any atom is -0.368 e. The van der Waals surface area contributed by atoms with Crippen LogP contribution in [0.25, 0.3) is 0 Å². The van der Waals surface area contributed by atoms with Gasteiger partial charge in [0.05, 0.1) is 5.69 Å². The minimum atomic E-state index is -0.0227. The van der Waals surface area contributed by atoms with E-state index in [9.17, 15) is 4.79 Å². The molecule has 5 heteroatoms. The number of carbonyl (C=O) groups is 1. The SMILES string of the molecule is CC(C)(C)CC(=O)Nc1cc(Br)cnc1NCC1CC1. The van der Waals surface area contributed by atoms with Gasteiger partial charge in [0.25, 0.3) is 0 Å². The van der Waals surface area contributed by atoms with Crippen molar-refractivity contribution in [3.63, 3.8) is 0 Å². The highest BCUT2D eigenvalue weighted by Crippen LogP contribution is 2.31. The topological polar surface area (TPSA) is 54.0 Å². The van der Waals surface area contributed by atoms with Crippen molar-refractivity contribution in [1.82, 2.24) is 4.98 Å². The van der Waals surface area contributed by atoms with E-state index < -0.39 is 0 Å². The Hall–Kier alpha value is -1.10. The quantitative estimate of drug-likeness (QED) is 0.851. The molecule has 1 saturated carbocycles. The molecule has 0 atom stereocenters. The number of carbonyl (C=O) groups excluding carboxylic acids is 1. The molecule has 2 N–H and O–H groups in total. The molecular weight excluding hydrogens is 318 g/mol. The van der Waals surface area contributed by atoms with E-state index in [2.05, 4.69) is 52.3 Å². The Bertz CT molecular complexity index is 492. The van der Waals surface area contributed by atoms with Gasteiger partial charge in [-0.1, -0.05) is 20.8 Å². The summed E-state index contributed by atoms with van der Waals surface area (Å²) in [6.45, 7) is 7.09. The molecule has 1 heterocycles. The number of nitrogens with one attached hydrogen (secondary N) is 2. The normalized spacial score (nSPS) is 15.0. The highest BCUT2D eigenvalue weighted by atomic mass is 79.9. The van der Waals surface area contributed by atoms with Crippen LogP contribution >= 0.6 is 15.9 Å². The van der Waals surface area contributed by atoms with Gasteiger partial charge in [0, 0.05) is 23.6 Å². The Morgan fingerprint density at radius 1 is 1.45 bits per heavy atom. The van der Waals surface area contributed by atoms with Crippen molar-refractivity contribution < 1.29 is 4.79 Å². The Morgan fingerprint density at radius 2 is 2.15 bits per heavy atom. The van der Waals surface area contributed by atoms with Crippen molar-refractivity contribution in [2.75, 3.05) is 17.2 Å². The first kappa shape index (κ1) is 15.3. The van der Waals surface area contributed by atoms with E-state index >= 15 is 0 Å². The third kappa shape index (κ3) is 5.12. The van der Waals surface area contributed by atoms with E-state index in [1.165, 1.54) is 12.8 Å². The summed E-state index contributed by atoms with van der Waals surface area (Å²) >= 11 is 3.40. The highest BCUT2D eigenvalue weighted by molar-refractivity contribution is 9.10. The summed E-state index contributed by atoms with van der Waals surface area (Å²) in [7, 11) is 0. The maximum Gasteiger partial charge on any atom is 0.224 e. The predicted octanol–water partition coefficient (Wildman–Crippen LogP) is 4.04. The van der Waals surface area contributed by atoms with Crippen molar-refractivity contribution in [2.24, 2.45) is 11.3 Å². The Kier molecular flexibility index (Phi) is 4.68. The molecule has 1 aliphatic rings. The Balaban J connectivity index is 2.03. The molecule has 1 aromatic heterocycles. The fourth-order valence-electron chi connectivity index (χ4n) is 1.91. The number of pyridine rings is 1. The van der Waals surface area contributed by atoms with E-state index in [0.717, 1.165) is 28.4 Å². The maximum absolute atomic E-state index is 12.1. The third-order valence-electron chi connectivity index (χ3n) is 3.07. The first-order valence-corrected chi connectivity index (χ1v) is 7.82. The molecule has 0 aliphatic heterocycles. The van der Waals surface area contributed by atoms with Crippen LogP contribution in [-0.4, -0.2) is 17.4 Å². The summed E-state index contributed by atoms with van der Waals surface area (Å²) in [5.74, 6) is 1.54.